The van der Waals surface area contributed by atoms with E-state index in [2.05, 4.69) is 0 Å². The maximum Gasteiger partial charge on any atom is 0.161 e. The van der Waals surface area contributed by atoms with Crippen LogP contribution in [-0.2, 0) is 6.61 Å². The summed E-state index contributed by atoms with van der Waals surface area (Å²) in [5.74, 6) is -1.84. The number of hydrogen-bond acceptors (Lipinski definition) is 6. The summed E-state index contributed by atoms with van der Waals surface area (Å²) in [5, 5.41) is 21.6. The number of benzene rings is 2. The molecule has 0 unspecified atom stereocenters. The molecule has 0 atom stereocenters. The van der Waals surface area contributed by atoms with Crippen LogP contribution in [0.25, 0.3) is 0 Å². The molecule has 0 N–H and O–H groups in total. The van der Waals surface area contributed by atoms with Gasteiger partial charge in [0.2, 0.25) is 0 Å². The molecule has 0 radical (unpaired) electrons. The van der Waals surface area contributed by atoms with Crippen molar-refractivity contribution in [2.75, 3.05) is 6.61 Å². The molecule has 0 spiro atoms. The van der Waals surface area contributed by atoms with E-state index >= 15 is 0 Å². The number of carboxylic acids is 2. The maximum absolute atomic E-state index is 10.9. The van der Waals surface area contributed by atoms with Crippen molar-refractivity contribution < 1.29 is 29.3 Å². The Morgan fingerprint density at radius 2 is 1.48 bits per heavy atom. The van der Waals surface area contributed by atoms with Crippen molar-refractivity contribution in [1.82, 2.24) is 0 Å². The third-order valence-corrected chi connectivity index (χ3v) is 3.06. The Labute approximate surface area is 132 Å². The van der Waals surface area contributed by atoms with E-state index in [0.29, 0.717) is 18.1 Å². The maximum atomic E-state index is 10.9. The minimum absolute atomic E-state index is 0.000823. The first-order valence-electron chi connectivity index (χ1n) is 6.92. The minimum atomic E-state index is -1.30. The van der Waals surface area contributed by atoms with Crippen molar-refractivity contribution in [3.8, 4) is 11.5 Å². The minimum Gasteiger partial charge on any atom is -0.545 e. The first kappa shape index (κ1) is 16.4. The van der Waals surface area contributed by atoms with Gasteiger partial charge in [0.1, 0.15) is 6.61 Å². The molecule has 120 valence electrons. The molecule has 0 aromatic heterocycles. The molecule has 0 fully saturated rings. The van der Waals surface area contributed by atoms with Gasteiger partial charge >= 0.3 is 0 Å². The van der Waals surface area contributed by atoms with E-state index in [0.717, 1.165) is 5.56 Å². The smallest absolute Gasteiger partial charge is 0.161 e. The van der Waals surface area contributed by atoms with Gasteiger partial charge in [-0.15, -0.1) is 0 Å². The van der Waals surface area contributed by atoms with Crippen molar-refractivity contribution in [3.63, 3.8) is 0 Å². The standard InChI is InChI=1S/C17H16O6/c1-2-22-15-9-13(17(20)21)7-8-14(15)23-10-11-3-5-12(6-4-11)16(18)19/h3-9H,2,10H2,1H3,(H,18,19)(H,20,21)/p-2. The Morgan fingerprint density at radius 1 is 0.870 bits per heavy atom. The Hall–Kier alpha value is -3.02. The molecule has 0 saturated heterocycles. The Balaban J connectivity index is 2.12. The average molecular weight is 314 g/mol. The normalized spacial score (nSPS) is 10.1. The van der Waals surface area contributed by atoms with Crippen LogP contribution >= 0.6 is 0 Å². The highest BCUT2D eigenvalue weighted by Crippen LogP contribution is 2.29. The van der Waals surface area contributed by atoms with Crippen molar-refractivity contribution in [2.24, 2.45) is 0 Å². The second kappa shape index (κ2) is 7.31. The van der Waals surface area contributed by atoms with Crippen LogP contribution in [0.15, 0.2) is 42.5 Å². The lowest BCUT2D eigenvalue weighted by Gasteiger charge is -2.14. The molecule has 6 nitrogen and oxygen atoms in total. The van der Waals surface area contributed by atoms with E-state index in [9.17, 15) is 19.8 Å². The molecule has 0 bridgehead atoms. The number of ether oxygens (including phenoxy) is 2. The second-order valence-corrected chi connectivity index (χ2v) is 4.66. The lowest BCUT2D eigenvalue weighted by atomic mass is 10.1. The summed E-state index contributed by atoms with van der Waals surface area (Å²) in [6.45, 7) is 2.30. The van der Waals surface area contributed by atoms with Crippen LogP contribution in [-0.4, -0.2) is 18.5 Å². The Bertz CT molecular complexity index is 706. The van der Waals surface area contributed by atoms with Gasteiger partial charge < -0.3 is 29.3 Å². The summed E-state index contributed by atoms with van der Waals surface area (Å²) in [5.41, 5.74) is 0.836. The summed E-state index contributed by atoms with van der Waals surface area (Å²) in [4.78, 5) is 21.6. The number of carbonyl (C=O) groups is 2. The molecule has 2 aromatic carbocycles. The molecule has 0 heterocycles. The van der Waals surface area contributed by atoms with Gasteiger partial charge in [-0.3, -0.25) is 0 Å². The fourth-order valence-electron chi connectivity index (χ4n) is 1.92. The largest absolute Gasteiger partial charge is 0.545 e. The topological polar surface area (TPSA) is 98.7 Å². The highest BCUT2D eigenvalue weighted by molar-refractivity contribution is 5.86. The molecule has 2 rings (SSSR count). The zero-order chi connectivity index (χ0) is 16.8. The molecule has 23 heavy (non-hydrogen) atoms. The quantitative estimate of drug-likeness (QED) is 0.733. The third-order valence-electron chi connectivity index (χ3n) is 3.06. The predicted octanol–water partition coefficient (Wildman–Crippen LogP) is 0.391. The van der Waals surface area contributed by atoms with Crippen LogP contribution in [0.3, 0.4) is 0 Å². The number of carboxylic acid groups (broad SMARTS) is 2. The highest BCUT2D eigenvalue weighted by Gasteiger charge is 2.08. The van der Waals surface area contributed by atoms with Gasteiger partial charge in [-0.25, -0.2) is 0 Å². The number of rotatable bonds is 7. The number of hydrogen-bond donors (Lipinski definition) is 0. The summed E-state index contributed by atoms with van der Waals surface area (Å²) >= 11 is 0. The van der Waals surface area contributed by atoms with E-state index in [4.69, 9.17) is 9.47 Å². The SMILES string of the molecule is CCOc1cc(C(=O)[O-])ccc1OCc1ccc(C(=O)[O-])cc1. The highest BCUT2D eigenvalue weighted by atomic mass is 16.5. The fourth-order valence-corrected chi connectivity index (χ4v) is 1.92. The Kier molecular flexibility index (Phi) is 5.19. The lowest BCUT2D eigenvalue weighted by molar-refractivity contribution is -0.256. The first-order valence-corrected chi connectivity index (χ1v) is 6.92. The first-order chi connectivity index (χ1) is 11.0. The summed E-state index contributed by atoms with van der Waals surface area (Å²) in [6, 6.07) is 10.3. The molecular formula is C17H14O6-2. The summed E-state index contributed by atoms with van der Waals surface area (Å²) < 4.78 is 11.0. The molecule has 6 heteroatoms. The van der Waals surface area contributed by atoms with Crippen molar-refractivity contribution in [2.45, 2.75) is 13.5 Å². The van der Waals surface area contributed by atoms with Gasteiger partial charge in [-0.05, 0) is 36.2 Å². The van der Waals surface area contributed by atoms with Crippen LogP contribution < -0.4 is 19.7 Å². The van der Waals surface area contributed by atoms with E-state index in [1.807, 2.05) is 0 Å². The zero-order valence-electron chi connectivity index (χ0n) is 12.4. The van der Waals surface area contributed by atoms with Crippen LogP contribution in [0.4, 0.5) is 0 Å². The van der Waals surface area contributed by atoms with Gasteiger partial charge in [0, 0.05) is 5.56 Å². The van der Waals surface area contributed by atoms with Crippen molar-refractivity contribution in [1.29, 1.82) is 0 Å². The average Bonchev–Trinajstić information content (AvgIpc) is 2.54. The van der Waals surface area contributed by atoms with E-state index in [1.165, 1.54) is 30.3 Å². The van der Waals surface area contributed by atoms with Crippen molar-refractivity contribution in [3.05, 3.63) is 59.2 Å². The second-order valence-electron chi connectivity index (χ2n) is 4.66. The molecule has 0 aliphatic heterocycles. The molecule has 0 aliphatic carbocycles. The summed E-state index contributed by atoms with van der Waals surface area (Å²) in [6.07, 6.45) is 0. The van der Waals surface area contributed by atoms with E-state index < -0.39 is 11.9 Å². The summed E-state index contributed by atoms with van der Waals surface area (Å²) in [7, 11) is 0. The molecule has 2 aromatic rings. The fraction of sp³-hybridized carbons (Fsp3) is 0.176. The van der Waals surface area contributed by atoms with Crippen molar-refractivity contribution >= 4 is 11.9 Å². The van der Waals surface area contributed by atoms with Gasteiger partial charge in [0.05, 0.1) is 18.5 Å². The van der Waals surface area contributed by atoms with Gasteiger partial charge in [-0.2, -0.15) is 0 Å². The number of aromatic carboxylic acids is 2. The van der Waals surface area contributed by atoms with Gasteiger partial charge in [0.15, 0.2) is 11.5 Å². The monoisotopic (exact) mass is 314 g/mol. The van der Waals surface area contributed by atoms with Crippen LogP contribution in [0.5, 0.6) is 11.5 Å². The number of carbonyl (C=O) groups excluding carboxylic acids is 2. The molecular weight excluding hydrogens is 300 g/mol. The van der Waals surface area contributed by atoms with E-state index in [1.54, 1.807) is 19.1 Å². The molecule has 0 amide bonds. The van der Waals surface area contributed by atoms with E-state index in [-0.39, 0.29) is 17.7 Å². The predicted molar refractivity (Wildman–Crippen MR) is 77.0 cm³/mol. The molecule has 0 saturated carbocycles. The van der Waals surface area contributed by atoms with Gasteiger partial charge in [0.25, 0.3) is 0 Å². The lowest BCUT2D eigenvalue weighted by Crippen LogP contribution is -2.22. The Morgan fingerprint density at radius 3 is 2.04 bits per heavy atom. The van der Waals surface area contributed by atoms with Crippen LogP contribution in [0.2, 0.25) is 0 Å². The molecule has 0 aliphatic rings. The zero-order valence-corrected chi connectivity index (χ0v) is 12.4. The van der Waals surface area contributed by atoms with Crippen LogP contribution in [0.1, 0.15) is 33.2 Å². The van der Waals surface area contributed by atoms with Gasteiger partial charge in [-0.1, -0.05) is 24.3 Å². The third kappa shape index (κ3) is 4.23. The van der Waals surface area contributed by atoms with Crippen LogP contribution in [0, 0.1) is 0 Å².